The van der Waals surface area contributed by atoms with Crippen LogP contribution in [0.5, 0.6) is 0 Å². The van der Waals surface area contributed by atoms with Crippen molar-refractivity contribution in [3.05, 3.63) is 71.3 Å². The molecule has 196 valence electrons. The standard InChI is InChI=1S/C27H33F3N2O4/c1-18(20-5-3-2-4-6-20)31-26(34)13-23-11-12-24-25(36-23)17-35-16-22(33)15-32(24)14-19-7-9-21(10-8-19)27(28,29)30/h2-10,18,22-25,33H,11-17H2,1H3,(H,31,34)/t18-,22-,23-,24+,25-/m0/s1. The van der Waals surface area contributed by atoms with Crippen LogP contribution in [0, 0.1) is 0 Å². The molecule has 0 aliphatic carbocycles. The molecule has 0 aromatic heterocycles. The second-order valence-corrected chi connectivity index (χ2v) is 9.66. The first-order chi connectivity index (χ1) is 17.2. The highest BCUT2D eigenvalue weighted by Crippen LogP contribution is 2.31. The summed E-state index contributed by atoms with van der Waals surface area (Å²) in [5, 5.41) is 13.4. The summed E-state index contributed by atoms with van der Waals surface area (Å²) in [7, 11) is 0. The number of ether oxygens (including phenoxy) is 2. The SMILES string of the molecule is C[C@H](NC(=O)C[C@@H]1CC[C@@H]2[C@H](COC[C@@H](O)CN2Cc2ccc(C(F)(F)F)cc2)O1)c1ccccc1. The number of rotatable bonds is 6. The fourth-order valence-corrected chi connectivity index (χ4v) is 4.99. The van der Waals surface area contributed by atoms with Gasteiger partial charge in [-0.15, -0.1) is 0 Å². The number of amides is 1. The Morgan fingerprint density at radius 1 is 1.11 bits per heavy atom. The molecule has 0 spiro atoms. The Labute approximate surface area is 209 Å². The number of benzene rings is 2. The molecule has 2 aromatic carbocycles. The van der Waals surface area contributed by atoms with Crippen LogP contribution in [0.15, 0.2) is 54.6 Å². The summed E-state index contributed by atoms with van der Waals surface area (Å²) in [5.41, 5.74) is 1.07. The van der Waals surface area contributed by atoms with E-state index in [1.165, 1.54) is 12.1 Å². The first kappa shape index (κ1) is 26.6. The van der Waals surface area contributed by atoms with E-state index in [9.17, 15) is 23.1 Å². The lowest BCUT2D eigenvalue weighted by molar-refractivity contribution is -0.158. The van der Waals surface area contributed by atoms with Crippen molar-refractivity contribution >= 4 is 5.91 Å². The van der Waals surface area contributed by atoms with Crippen LogP contribution in [0.25, 0.3) is 0 Å². The molecular formula is C27H33F3N2O4. The van der Waals surface area contributed by atoms with Crippen LogP contribution in [0.2, 0.25) is 0 Å². The highest BCUT2D eigenvalue weighted by Gasteiger charge is 2.38. The number of carbonyl (C=O) groups excluding carboxylic acids is 1. The minimum Gasteiger partial charge on any atom is -0.389 e. The van der Waals surface area contributed by atoms with E-state index in [1.807, 2.05) is 37.3 Å². The molecule has 6 nitrogen and oxygen atoms in total. The minimum absolute atomic E-state index is 0.0789. The molecule has 2 aliphatic rings. The Morgan fingerprint density at radius 2 is 1.83 bits per heavy atom. The van der Waals surface area contributed by atoms with Crippen molar-refractivity contribution in [2.24, 2.45) is 0 Å². The summed E-state index contributed by atoms with van der Waals surface area (Å²) in [6, 6.07) is 14.7. The Balaban J connectivity index is 1.37. The van der Waals surface area contributed by atoms with Crippen molar-refractivity contribution in [3.63, 3.8) is 0 Å². The van der Waals surface area contributed by atoms with Gasteiger partial charge in [-0.2, -0.15) is 13.2 Å². The molecule has 0 bridgehead atoms. The van der Waals surface area contributed by atoms with Crippen molar-refractivity contribution in [1.82, 2.24) is 10.2 Å². The summed E-state index contributed by atoms with van der Waals surface area (Å²) < 4.78 is 50.7. The van der Waals surface area contributed by atoms with Gasteiger partial charge in [-0.25, -0.2) is 0 Å². The average Bonchev–Trinajstić information content (AvgIpc) is 2.83. The van der Waals surface area contributed by atoms with Gasteiger partial charge in [0.2, 0.25) is 5.91 Å². The molecule has 2 N–H and O–H groups in total. The van der Waals surface area contributed by atoms with Crippen molar-refractivity contribution < 1.29 is 32.5 Å². The molecule has 4 rings (SSSR count). The van der Waals surface area contributed by atoms with E-state index in [2.05, 4.69) is 10.2 Å². The van der Waals surface area contributed by atoms with E-state index in [-0.39, 0.29) is 49.8 Å². The summed E-state index contributed by atoms with van der Waals surface area (Å²) >= 11 is 0. The fraction of sp³-hybridized carbons (Fsp3) is 0.519. The van der Waals surface area contributed by atoms with E-state index in [1.54, 1.807) is 0 Å². The minimum atomic E-state index is -4.38. The highest BCUT2D eigenvalue weighted by molar-refractivity contribution is 5.77. The van der Waals surface area contributed by atoms with Crippen LogP contribution >= 0.6 is 0 Å². The average molecular weight is 507 g/mol. The summed E-state index contributed by atoms with van der Waals surface area (Å²) in [6.45, 7) is 3.09. The Morgan fingerprint density at radius 3 is 2.53 bits per heavy atom. The topological polar surface area (TPSA) is 71.0 Å². The smallest absolute Gasteiger partial charge is 0.389 e. The van der Waals surface area contributed by atoms with Crippen LogP contribution < -0.4 is 5.32 Å². The quantitative estimate of drug-likeness (QED) is 0.618. The van der Waals surface area contributed by atoms with Gasteiger partial charge in [0, 0.05) is 19.1 Å². The first-order valence-electron chi connectivity index (χ1n) is 12.3. The molecule has 9 heteroatoms. The lowest BCUT2D eigenvalue weighted by atomic mass is 9.94. The van der Waals surface area contributed by atoms with Gasteiger partial charge in [0.25, 0.3) is 0 Å². The number of hydrogen-bond acceptors (Lipinski definition) is 5. The number of β-amino-alcohol motifs (C(OH)–C–C–N with tert-alkyl or cyclic N) is 1. The number of carbonyl (C=O) groups is 1. The van der Waals surface area contributed by atoms with Crippen molar-refractivity contribution in [2.75, 3.05) is 19.8 Å². The zero-order chi connectivity index (χ0) is 25.7. The second kappa shape index (κ2) is 11.7. The lowest BCUT2D eigenvalue weighted by Crippen LogP contribution is -2.55. The molecule has 0 saturated carbocycles. The first-order valence-corrected chi connectivity index (χ1v) is 12.3. The summed E-state index contributed by atoms with van der Waals surface area (Å²) in [4.78, 5) is 14.7. The van der Waals surface area contributed by atoms with Gasteiger partial charge in [0.15, 0.2) is 0 Å². The van der Waals surface area contributed by atoms with E-state index >= 15 is 0 Å². The van der Waals surface area contributed by atoms with Gasteiger partial charge in [0.1, 0.15) is 0 Å². The number of hydrogen-bond donors (Lipinski definition) is 2. The third-order valence-corrected chi connectivity index (χ3v) is 6.84. The predicted molar refractivity (Wildman–Crippen MR) is 128 cm³/mol. The molecule has 2 aromatic rings. The van der Waals surface area contributed by atoms with Crippen molar-refractivity contribution in [2.45, 2.75) is 69.3 Å². The van der Waals surface area contributed by atoms with E-state index in [0.29, 0.717) is 19.5 Å². The molecule has 1 amide bonds. The van der Waals surface area contributed by atoms with Gasteiger partial charge < -0.3 is 19.9 Å². The zero-order valence-corrected chi connectivity index (χ0v) is 20.3. The van der Waals surface area contributed by atoms with E-state index < -0.39 is 17.8 Å². The predicted octanol–water partition coefficient (Wildman–Crippen LogP) is 4.08. The molecule has 0 unspecified atom stereocenters. The van der Waals surface area contributed by atoms with Crippen LogP contribution in [-0.4, -0.2) is 60.0 Å². The number of halogens is 3. The maximum atomic E-state index is 12.9. The summed E-state index contributed by atoms with van der Waals surface area (Å²) in [5.74, 6) is -0.0846. The highest BCUT2D eigenvalue weighted by atomic mass is 19.4. The van der Waals surface area contributed by atoms with Crippen molar-refractivity contribution in [1.29, 1.82) is 0 Å². The second-order valence-electron chi connectivity index (χ2n) is 9.66. The third kappa shape index (κ3) is 7.06. The van der Waals surface area contributed by atoms with Crippen LogP contribution in [-0.2, 0) is 27.0 Å². The number of aliphatic hydroxyl groups excluding tert-OH is 1. The van der Waals surface area contributed by atoms with Crippen molar-refractivity contribution in [3.8, 4) is 0 Å². The fourth-order valence-electron chi connectivity index (χ4n) is 4.99. The van der Waals surface area contributed by atoms with E-state index in [0.717, 1.165) is 29.7 Å². The molecule has 2 heterocycles. The molecular weight excluding hydrogens is 473 g/mol. The maximum Gasteiger partial charge on any atom is 0.416 e. The molecule has 2 fully saturated rings. The molecule has 0 radical (unpaired) electrons. The van der Waals surface area contributed by atoms with Gasteiger partial charge in [-0.05, 0) is 43.0 Å². The molecule has 2 saturated heterocycles. The van der Waals surface area contributed by atoms with Gasteiger partial charge in [0.05, 0.1) is 49.6 Å². The number of aliphatic hydroxyl groups is 1. The Hall–Kier alpha value is -2.46. The van der Waals surface area contributed by atoms with Gasteiger partial charge in [-0.3, -0.25) is 9.69 Å². The van der Waals surface area contributed by atoms with Crippen LogP contribution in [0.4, 0.5) is 13.2 Å². The largest absolute Gasteiger partial charge is 0.416 e. The number of nitrogens with zero attached hydrogens (tertiary/aromatic N) is 1. The van der Waals surface area contributed by atoms with Crippen LogP contribution in [0.3, 0.4) is 0 Å². The zero-order valence-electron chi connectivity index (χ0n) is 20.3. The number of nitrogens with one attached hydrogen (secondary N) is 1. The van der Waals surface area contributed by atoms with Crippen LogP contribution in [0.1, 0.15) is 48.9 Å². The number of alkyl halides is 3. The van der Waals surface area contributed by atoms with Gasteiger partial charge >= 0.3 is 6.18 Å². The Bertz CT molecular complexity index is 987. The normalized spacial score (nSPS) is 26.4. The molecule has 36 heavy (non-hydrogen) atoms. The lowest BCUT2D eigenvalue weighted by Gasteiger charge is -2.44. The van der Waals surface area contributed by atoms with Gasteiger partial charge in [-0.1, -0.05) is 42.5 Å². The maximum absolute atomic E-state index is 12.9. The molecule has 2 aliphatic heterocycles. The molecule has 5 atom stereocenters. The third-order valence-electron chi connectivity index (χ3n) is 6.84. The van der Waals surface area contributed by atoms with E-state index in [4.69, 9.17) is 9.47 Å². The number of fused-ring (bicyclic) bond motifs is 1. The summed E-state index contributed by atoms with van der Waals surface area (Å²) in [6.07, 6.45) is -4.01. The Kier molecular flexibility index (Phi) is 8.66. The monoisotopic (exact) mass is 506 g/mol.